The molecule has 0 heterocycles. The summed E-state index contributed by atoms with van der Waals surface area (Å²) in [6.45, 7) is 0. The topological polar surface area (TPSA) is 32.3 Å². The van der Waals surface area contributed by atoms with Crippen molar-refractivity contribution < 1.29 is 13.6 Å². The first-order valence-corrected chi connectivity index (χ1v) is 6.02. The second-order valence-electron chi connectivity index (χ2n) is 4.49. The van der Waals surface area contributed by atoms with Crippen LogP contribution >= 0.6 is 0 Å². The van der Waals surface area contributed by atoms with Crippen LogP contribution in [0.2, 0.25) is 0 Å². The number of carbonyl (C=O) groups is 1. The third-order valence-corrected chi connectivity index (χ3v) is 2.85. The second kappa shape index (κ2) is 5.69. The molecule has 0 unspecified atom stereocenters. The molecular weight excluding hydrogens is 262 g/mol. The molecule has 104 valence electrons. The van der Waals surface area contributed by atoms with Crippen molar-refractivity contribution >= 4 is 17.3 Å². The van der Waals surface area contributed by atoms with Crippen LogP contribution in [0.25, 0.3) is 0 Å². The van der Waals surface area contributed by atoms with Gasteiger partial charge in [0, 0.05) is 25.3 Å². The smallest absolute Gasteiger partial charge is 0.255 e. The fourth-order valence-electron chi connectivity index (χ4n) is 1.71. The first-order chi connectivity index (χ1) is 9.49. The summed E-state index contributed by atoms with van der Waals surface area (Å²) in [5, 5.41) is 2.24. The Morgan fingerprint density at radius 2 is 1.55 bits per heavy atom. The van der Waals surface area contributed by atoms with E-state index in [1.165, 1.54) is 6.07 Å². The van der Waals surface area contributed by atoms with Gasteiger partial charge in [0.25, 0.3) is 5.91 Å². The van der Waals surface area contributed by atoms with E-state index in [1.807, 2.05) is 19.0 Å². The number of rotatable bonds is 3. The van der Waals surface area contributed by atoms with Gasteiger partial charge in [0.1, 0.15) is 17.3 Å². The van der Waals surface area contributed by atoms with Gasteiger partial charge in [-0.15, -0.1) is 0 Å². The highest BCUT2D eigenvalue weighted by atomic mass is 19.1. The van der Waals surface area contributed by atoms with Gasteiger partial charge < -0.3 is 10.2 Å². The van der Waals surface area contributed by atoms with Crippen molar-refractivity contribution in [3.63, 3.8) is 0 Å². The van der Waals surface area contributed by atoms with Crippen molar-refractivity contribution in [1.82, 2.24) is 0 Å². The molecule has 0 bridgehead atoms. The fraction of sp³-hybridized carbons (Fsp3) is 0.133. The molecule has 0 aliphatic heterocycles. The van der Waals surface area contributed by atoms with Crippen molar-refractivity contribution in [2.75, 3.05) is 24.3 Å². The minimum absolute atomic E-state index is 0.332. The largest absolute Gasteiger partial charge is 0.378 e. The molecule has 0 saturated carbocycles. The SMILES string of the molecule is CN(C)c1ccc(C(=O)Nc2c(F)cccc2F)cc1. The number of amides is 1. The summed E-state index contributed by atoms with van der Waals surface area (Å²) >= 11 is 0. The van der Waals surface area contributed by atoms with Crippen LogP contribution in [-0.4, -0.2) is 20.0 Å². The second-order valence-corrected chi connectivity index (χ2v) is 4.49. The number of para-hydroxylation sites is 1. The van der Waals surface area contributed by atoms with E-state index in [-0.39, 0.29) is 0 Å². The zero-order chi connectivity index (χ0) is 14.7. The maximum atomic E-state index is 13.4. The van der Waals surface area contributed by atoms with Gasteiger partial charge in [0.15, 0.2) is 0 Å². The van der Waals surface area contributed by atoms with E-state index in [4.69, 9.17) is 0 Å². The summed E-state index contributed by atoms with van der Waals surface area (Å²) in [6.07, 6.45) is 0. The van der Waals surface area contributed by atoms with Crippen LogP contribution < -0.4 is 10.2 Å². The maximum Gasteiger partial charge on any atom is 0.255 e. The predicted molar refractivity (Wildman–Crippen MR) is 75.1 cm³/mol. The zero-order valence-electron chi connectivity index (χ0n) is 11.2. The Labute approximate surface area is 115 Å². The van der Waals surface area contributed by atoms with Crippen molar-refractivity contribution in [1.29, 1.82) is 0 Å². The lowest BCUT2D eigenvalue weighted by atomic mass is 10.2. The molecule has 0 saturated heterocycles. The summed E-state index contributed by atoms with van der Waals surface area (Å²) in [6, 6.07) is 10.1. The first-order valence-electron chi connectivity index (χ1n) is 6.02. The van der Waals surface area contributed by atoms with Gasteiger partial charge in [-0.3, -0.25) is 4.79 Å². The number of benzene rings is 2. The molecule has 0 radical (unpaired) electrons. The van der Waals surface area contributed by atoms with E-state index in [1.54, 1.807) is 24.3 Å². The summed E-state index contributed by atoms with van der Waals surface area (Å²) in [4.78, 5) is 13.8. The van der Waals surface area contributed by atoms with Crippen LogP contribution in [0.3, 0.4) is 0 Å². The molecule has 3 nitrogen and oxygen atoms in total. The van der Waals surface area contributed by atoms with Crippen LogP contribution in [0.5, 0.6) is 0 Å². The lowest BCUT2D eigenvalue weighted by Crippen LogP contribution is -2.15. The lowest BCUT2D eigenvalue weighted by Gasteiger charge is -2.13. The molecule has 0 fully saturated rings. The number of hydrogen-bond acceptors (Lipinski definition) is 2. The quantitative estimate of drug-likeness (QED) is 0.933. The van der Waals surface area contributed by atoms with Crippen molar-refractivity contribution in [2.24, 2.45) is 0 Å². The van der Waals surface area contributed by atoms with E-state index in [9.17, 15) is 13.6 Å². The third-order valence-electron chi connectivity index (χ3n) is 2.85. The van der Waals surface area contributed by atoms with Crippen molar-refractivity contribution in [3.05, 3.63) is 59.7 Å². The normalized spacial score (nSPS) is 10.2. The Bertz CT molecular complexity index is 604. The molecule has 1 amide bonds. The van der Waals surface area contributed by atoms with Gasteiger partial charge in [0.2, 0.25) is 0 Å². The predicted octanol–water partition coefficient (Wildman–Crippen LogP) is 3.28. The molecule has 0 aromatic heterocycles. The van der Waals surface area contributed by atoms with Gasteiger partial charge in [-0.25, -0.2) is 8.78 Å². The Kier molecular flexibility index (Phi) is 3.98. The van der Waals surface area contributed by atoms with Gasteiger partial charge >= 0.3 is 0 Å². The van der Waals surface area contributed by atoms with Gasteiger partial charge in [-0.2, -0.15) is 0 Å². The highest BCUT2D eigenvalue weighted by molar-refractivity contribution is 6.04. The average molecular weight is 276 g/mol. The minimum Gasteiger partial charge on any atom is -0.378 e. The third kappa shape index (κ3) is 2.93. The number of hydrogen-bond donors (Lipinski definition) is 1. The first kappa shape index (κ1) is 14.0. The Morgan fingerprint density at radius 3 is 2.05 bits per heavy atom. The zero-order valence-corrected chi connectivity index (χ0v) is 11.2. The van der Waals surface area contributed by atoms with Gasteiger partial charge in [-0.05, 0) is 36.4 Å². The molecule has 5 heteroatoms. The molecule has 20 heavy (non-hydrogen) atoms. The van der Waals surface area contributed by atoms with Gasteiger partial charge in [0.05, 0.1) is 0 Å². The highest BCUT2D eigenvalue weighted by Gasteiger charge is 2.13. The molecule has 2 aromatic rings. The Balaban J connectivity index is 2.20. The summed E-state index contributed by atoms with van der Waals surface area (Å²) in [7, 11) is 3.76. The van der Waals surface area contributed by atoms with E-state index in [0.29, 0.717) is 5.56 Å². The summed E-state index contributed by atoms with van der Waals surface area (Å²) in [5.41, 5.74) is 0.825. The van der Waals surface area contributed by atoms with Crippen molar-refractivity contribution in [3.8, 4) is 0 Å². The van der Waals surface area contributed by atoms with Crippen LogP contribution in [0.4, 0.5) is 20.2 Å². The number of carbonyl (C=O) groups excluding carboxylic acids is 1. The number of nitrogens with one attached hydrogen (secondary N) is 1. The fourth-order valence-corrected chi connectivity index (χ4v) is 1.71. The molecule has 0 atom stereocenters. The Morgan fingerprint density at radius 1 is 1.00 bits per heavy atom. The van der Waals surface area contributed by atoms with Crippen LogP contribution in [-0.2, 0) is 0 Å². The molecule has 0 aliphatic rings. The van der Waals surface area contributed by atoms with Crippen LogP contribution in [0.1, 0.15) is 10.4 Å². The average Bonchev–Trinajstić information content (AvgIpc) is 2.43. The standard InChI is InChI=1S/C15H14F2N2O/c1-19(2)11-8-6-10(7-9-11)15(20)18-14-12(16)4-3-5-13(14)17/h3-9H,1-2H3,(H,18,20). The summed E-state index contributed by atoms with van der Waals surface area (Å²) < 4.78 is 26.9. The highest BCUT2D eigenvalue weighted by Crippen LogP contribution is 2.19. The molecule has 2 rings (SSSR count). The molecule has 1 N–H and O–H groups in total. The van der Waals surface area contributed by atoms with E-state index in [0.717, 1.165) is 17.8 Å². The number of nitrogens with zero attached hydrogens (tertiary/aromatic N) is 1. The maximum absolute atomic E-state index is 13.4. The molecule has 2 aromatic carbocycles. The minimum atomic E-state index is -0.803. The Hall–Kier alpha value is -2.43. The molecular formula is C15H14F2N2O. The van der Waals surface area contributed by atoms with Crippen LogP contribution in [0, 0.1) is 11.6 Å². The number of anilines is 2. The van der Waals surface area contributed by atoms with E-state index in [2.05, 4.69) is 5.32 Å². The van der Waals surface area contributed by atoms with E-state index < -0.39 is 23.2 Å². The van der Waals surface area contributed by atoms with Gasteiger partial charge in [-0.1, -0.05) is 6.07 Å². The van der Waals surface area contributed by atoms with E-state index >= 15 is 0 Å². The number of halogens is 2. The summed E-state index contributed by atoms with van der Waals surface area (Å²) in [5.74, 6) is -2.16. The van der Waals surface area contributed by atoms with Crippen molar-refractivity contribution in [2.45, 2.75) is 0 Å². The lowest BCUT2D eigenvalue weighted by molar-refractivity contribution is 0.102. The van der Waals surface area contributed by atoms with Crippen LogP contribution in [0.15, 0.2) is 42.5 Å². The molecule has 0 aliphatic carbocycles. The molecule has 0 spiro atoms. The monoisotopic (exact) mass is 276 g/mol.